The Hall–Kier alpha value is -2.79. The summed E-state index contributed by atoms with van der Waals surface area (Å²) in [6.07, 6.45) is -4.27. The Morgan fingerprint density at radius 2 is 1.58 bits per heavy atom. The van der Waals surface area contributed by atoms with E-state index in [9.17, 15) is 26.4 Å². The van der Waals surface area contributed by atoms with E-state index < -0.39 is 27.7 Å². The summed E-state index contributed by atoms with van der Waals surface area (Å²) in [4.78, 5) is 14.5. The molecule has 2 aliphatic heterocycles. The van der Waals surface area contributed by atoms with Crippen LogP contribution in [0.5, 0.6) is 5.75 Å². The third-order valence-electron chi connectivity index (χ3n) is 5.65. The molecule has 31 heavy (non-hydrogen) atoms. The van der Waals surface area contributed by atoms with E-state index in [0.29, 0.717) is 19.5 Å². The van der Waals surface area contributed by atoms with Crippen molar-refractivity contribution in [2.75, 3.05) is 24.7 Å². The van der Waals surface area contributed by atoms with Crippen LogP contribution in [-0.4, -0.2) is 50.3 Å². The number of nitrogens with zero attached hydrogens (tertiary/aromatic N) is 2. The molecule has 2 saturated heterocycles. The number of ether oxygens (including phenoxy) is 1. The largest absolute Gasteiger partial charge is 0.573 e. The van der Waals surface area contributed by atoms with Crippen molar-refractivity contribution in [1.82, 2.24) is 9.62 Å². The van der Waals surface area contributed by atoms with E-state index in [1.54, 1.807) is 0 Å². The van der Waals surface area contributed by atoms with E-state index in [2.05, 4.69) is 10.1 Å². The van der Waals surface area contributed by atoms with E-state index in [1.165, 1.54) is 4.31 Å². The molecule has 0 atom stereocenters. The van der Waals surface area contributed by atoms with Crippen LogP contribution in [0.3, 0.4) is 0 Å². The second-order valence-corrected chi connectivity index (χ2v) is 9.32. The number of benzene rings is 2. The van der Waals surface area contributed by atoms with Crippen LogP contribution in [0.2, 0.25) is 0 Å². The molecule has 2 aromatic rings. The molecule has 2 aromatic carbocycles. The lowest BCUT2D eigenvalue weighted by Crippen LogP contribution is -2.57. The third kappa shape index (κ3) is 4.07. The number of halogens is 3. The van der Waals surface area contributed by atoms with Crippen molar-refractivity contribution in [3.63, 3.8) is 0 Å². The number of hydrogen-bond acceptors (Lipinski definition) is 5. The van der Waals surface area contributed by atoms with E-state index in [1.807, 2.05) is 35.2 Å². The number of alkyl halides is 3. The number of hydrogen-bond donors (Lipinski definition) is 1. The van der Waals surface area contributed by atoms with Gasteiger partial charge in [0, 0.05) is 18.8 Å². The molecule has 0 unspecified atom stereocenters. The summed E-state index contributed by atoms with van der Waals surface area (Å²) < 4.78 is 67.9. The van der Waals surface area contributed by atoms with Gasteiger partial charge in [-0.05, 0) is 49.2 Å². The first-order valence-electron chi connectivity index (χ1n) is 9.59. The molecule has 11 heteroatoms. The van der Waals surface area contributed by atoms with Gasteiger partial charge in [-0.3, -0.25) is 4.79 Å². The molecule has 1 amide bonds. The molecule has 1 N–H and O–H groups in total. The number of piperidine rings is 1. The smallest absolute Gasteiger partial charge is 0.406 e. The lowest BCUT2D eigenvalue weighted by Gasteiger charge is -2.42. The molecule has 7 nitrogen and oxygen atoms in total. The molecule has 1 spiro atoms. The van der Waals surface area contributed by atoms with Gasteiger partial charge in [0.1, 0.15) is 11.3 Å². The monoisotopic (exact) mass is 455 g/mol. The second kappa shape index (κ2) is 7.72. The predicted octanol–water partition coefficient (Wildman–Crippen LogP) is 2.70. The minimum atomic E-state index is -4.85. The number of para-hydroxylation sites is 1. The average molecular weight is 455 g/mol. The topological polar surface area (TPSA) is 79.0 Å². The van der Waals surface area contributed by atoms with Crippen molar-refractivity contribution in [2.24, 2.45) is 0 Å². The molecule has 0 bridgehead atoms. The van der Waals surface area contributed by atoms with Crippen molar-refractivity contribution < 1.29 is 31.1 Å². The highest BCUT2D eigenvalue weighted by Gasteiger charge is 2.51. The highest BCUT2D eigenvalue weighted by molar-refractivity contribution is 7.89. The van der Waals surface area contributed by atoms with Crippen LogP contribution in [0.1, 0.15) is 12.8 Å². The maximum atomic E-state index is 13.0. The van der Waals surface area contributed by atoms with E-state index in [4.69, 9.17) is 0 Å². The van der Waals surface area contributed by atoms with Crippen LogP contribution >= 0.6 is 0 Å². The van der Waals surface area contributed by atoms with Crippen LogP contribution in [0.25, 0.3) is 0 Å². The molecule has 0 saturated carbocycles. The quantitative estimate of drug-likeness (QED) is 0.767. The summed E-state index contributed by atoms with van der Waals surface area (Å²) in [6, 6.07) is 13.5. The average Bonchev–Trinajstić information content (AvgIpc) is 3.04. The van der Waals surface area contributed by atoms with E-state index in [-0.39, 0.29) is 23.9 Å². The number of anilines is 1. The molecule has 2 fully saturated rings. The summed E-state index contributed by atoms with van der Waals surface area (Å²) in [5, 5.41) is 2.85. The van der Waals surface area contributed by atoms with Gasteiger partial charge in [0.2, 0.25) is 15.9 Å². The van der Waals surface area contributed by atoms with Gasteiger partial charge in [0.25, 0.3) is 0 Å². The Kier molecular flexibility index (Phi) is 5.34. The van der Waals surface area contributed by atoms with E-state index in [0.717, 1.165) is 30.0 Å². The standard InChI is InChI=1S/C20H20F3N3O4S/c21-20(22,23)30-16-6-8-17(9-7-16)31(28,29)25-12-10-19(11-13-25)18(27)24-14-26(19)15-4-2-1-3-5-15/h1-9H,10-14H2,(H,24,27). The van der Waals surface area contributed by atoms with Crippen molar-refractivity contribution in [3.8, 4) is 5.75 Å². The Labute approximate surface area is 177 Å². The second-order valence-electron chi connectivity index (χ2n) is 7.38. The maximum Gasteiger partial charge on any atom is 0.573 e. The molecule has 0 radical (unpaired) electrons. The SMILES string of the molecule is O=C1NCN(c2ccccc2)C12CCN(S(=O)(=O)c1ccc(OC(F)(F)F)cc1)CC2. The number of rotatable bonds is 4. The fraction of sp³-hybridized carbons (Fsp3) is 0.350. The van der Waals surface area contributed by atoms with Gasteiger partial charge in [-0.15, -0.1) is 13.2 Å². The summed E-state index contributed by atoms with van der Waals surface area (Å²) in [5.41, 5.74) is 0.0371. The first-order valence-corrected chi connectivity index (χ1v) is 11.0. The number of amides is 1. The van der Waals surface area contributed by atoms with Gasteiger partial charge >= 0.3 is 6.36 Å². The lowest BCUT2D eigenvalue weighted by molar-refractivity contribution is -0.274. The van der Waals surface area contributed by atoms with Crippen LogP contribution in [0.15, 0.2) is 59.5 Å². The van der Waals surface area contributed by atoms with Gasteiger partial charge < -0.3 is 15.0 Å². The predicted molar refractivity (Wildman–Crippen MR) is 106 cm³/mol. The third-order valence-corrected chi connectivity index (χ3v) is 7.56. The Balaban J connectivity index is 1.50. The molecule has 2 aliphatic rings. The number of carbonyl (C=O) groups is 1. The van der Waals surface area contributed by atoms with Gasteiger partial charge in [0.15, 0.2) is 0 Å². The van der Waals surface area contributed by atoms with Gasteiger partial charge in [-0.25, -0.2) is 8.42 Å². The minimum absolute atomic E-state index is 0.111. The van der Waals surface area contributed by atoms with Crippen molar-refractivity contribution in [1.29, 1.82) is 0 Å². The van der Waals surface area contributed by atoms with Crippen LogP contribution in [0, 0.1) is 0 Å². The molecule has 2 heterocycles. The number of sulfonamides is 1. The maximum absolute atomic E-state index is 13.0. The Bertz CT molecular complexity index is 1050. The zero-order chi connectivity index (χ0) is 22.3. The van der Waals surface area contributed by atoms with Crippen LogP contribution < -0.4 is 15.0 Å². The fourth-order valence-electron chi connectivity index (χ4n) is 4.09. The summed E-state index contributed by atoms with van der Waals surface area (Å²) >= 11 is 0. The van der Waals surface area contributed by atoms with Crippen LogP contribution in [-0.2, 0) is 14.8 Å². The molecule has 0 aromatic heterocycles. The molecular weight excluding hydrogens is 435 g/mol. The van der Waals surface area contributed by atoms with Gasteiger partial charge in [-0.1, -0.05) is 18.2 Å². The minimum Gasteiger partial charge on any atom is -0.406 e. The van der Waals surface area contributed by atoms with Gasteiger partial charge in [-0.2, -0.15) is 4.31 Å². The fourth-order valence-corrected chi connectivity index (χ4v) is 5.53. The Morgan fingerprint density at radius 1 is 0.968 bits per heavy atom. The molecule has 166 valence electrons. The lowest BCUT2D eigenvalue weighted by atomic mass is 9.86. The van der Waals surface area contributed by atoms with Crippen molar-refractivity contribution in [2.45, 2.75) is 29.6 Å². The zero-order valence-electron chi connectivity index (χ0n) is 16.3. The first-order chi connectivity index (χ1) is 14.6. The molecular formula is C20H20F3N3O4S. The normalized spacial score (nSPS) is 19.5. The van der Waals surface area contributed by atoms with Crippen molar-refractivity contribution in [3.05, 3.63) is 54.6 Å². The number of carbonyl (C=O) groups excluding carboxylic acids is 1. The van der Waals surface area contributed by atoms with Crippen molar-refractivity contribution >= 4 is 21.6 Å². The first kappa shape index (κ1) is 21.4. The summed E-state index contributed by atoms with van der Waals surface area (Å²) in [7, 11) is -3.92. The van der Waals surface area contributed by atoms with Gasteiger partial charge in [0.05, 0.1) is 11.6 Å². The summed E-state index contributed by atoms with van der Waals surface area (Å²) in [6.45, 7) is 0.566. The van der Waals surface area contributed by atoms with E-state index >= 15 is 0 Å². The highest BCUT2D eigenvalue weighted by Crippen LogP contribution is 2.37. The van der Waals surface area contributed by atoms with Crippen LogP contribution in [0.4, 0.5) is 18.9 Å². The number of nitrogens with one attached hydrogen (secondary N) is 1. The molecule has 4 rings (SSSR count). The zero-order valence-corrected chi connectivity index (χ0v) is 17.1. The summed E-state index contributed by atoms with van der Waals surface area (Å²) in [5.74, 6) is -0.632. The Morgan fingerprint density at radius 3 is 2.16 bits per heavy atom. The molecule has 0 aliphatic carbocycles. The highest BCUT2D eigenvalue weighted by atomic mass is 32.2.